The highest BCUT2D eigenvalue weighted by atomic mass is 79.9. The summed E-state index contributed by atoms with van der Waals surface area (Å²) in [7, 11) is 0. The van der Waals surface area contributed by atoms with Crippen molar-refractivity contribution in [1.29, 1.82) is 0 Å². The van der Waals surface area contributed by atoms with Crippen LogP contribution >= 0.6 is 15.9 Å². The zero-order valence-electron chi connectivity index (χ0n) is 12.2. The van der Waals surface area contributed by atoms with E-state index in [1.165, 1.54) is 6.07 Å². The van der Waals surface area contributed by atoms with Crippen LogP contribution in [-0.4, -0.2) is 6.04 Å². The minimum Gasteiger partial charge on any atom is -0.454 e. The second kappa shape index (κ2) is 7.05. The lowest BCUT2D eigenvalue weighted by atomic mass is 10.0. The van der Waals surface area contributed by atoms with E-state index in [2.05, 4.69) is 15.9 Å². The van der Waals surface area contributed by atoms with Crippen LogP contribution in [0, 0.1) is 12.7 Å². The van der Waals surface area contributed by atoms with Gasteiger partial charge in [-0.05, 0) is 55.2 Å². The monoisotopic (exact) mass is 351 g/mol. The molecule has 2 nitrogen and oxygen atoms in total. The Labute approximate surface area is 133 Å². The van der Waals surface area contributed by atoms with E-state index in [0.29, 0.717) is 12.2 Å². The highest BCUT2D eigenvalue weighted by Crippen LogP contribution is 2.32. The third-order valence-electron chi connectivity index (χ3n) is 3.40. The lowest BCUT2D eigenvalue weighted by molar-refractivity contribution is 0.430. The molecule has 0 bridgehead atoms. The van der Waals surface area contributed by atoms with Crippen LogP contribution in [0.15, 0.2) is 40.9 Å². The van der Waals surface area contributed by atoms with Crippen molar-refractivity contribution in [3.63, 3.8) is 0 Å². The molecule has 2 rings (SSSR count). The first-order valence-corrected chi connectivity index (χ1v) is 7.77. The van der Waals surface area contributed by atoms with E-state index < -0.39 is 0 Å². The van der Waals surface area contributed by atoms with E-state index in [1.807, 2.05) is 38.1 Å². The van der Waals surface area contributed by atoms with Crippen LogP contribution in [0.1, 0.15) is 24.5 Å². The number of ether oxygens (including phenoxy) is 1. The second-order valence-electron chi connectivity index (χ2n) is 5.11. The van der Waals surface area contributed by atoms with Crippen molar-refractivity contribution in [2.75, 3.05) is 0 Å². The molecule has 2 aromatic rings. The van der Waals surface area contributed by atoms with Crippen molar-refractivity contribution in [3.8, 4) is 11.5 Å². The van der Waals surface area contributed by atoms with Crippen molar-refractivity contribution in [1.82, 2.24) is 0 Å². The minimum absolute atomic E-state index is 0.000153. The maximum absolute atomic E-state index is 14.1. The Bertz CT molecular complexity index is 630. The molecule has 0 fully saturated rings. The molecule has 0 radical (unpaired) electrons. The summed E-state index contributed by atoms with van der Waals surface area (Å²) in [6.45, 7) is 3.95. The zero-order valence-corrected chi connectivity index (χ0v) is 13.8. The van der Waals surface area contributed by atoms with Crippen LogP contribution in [0.4, 0.5) is 4.39 Å². The van der Waals surface area contributed by atoms with Gasteiger partial charge in [0.15, 0.2) is 11.6 Å². The van der Waals surface area contributed by atoms with E-state index in [-0.39, 0.29) is 17.6 Å². The fourth-order valence-corrected chi connectivity index (χ4v) is 2.57. The fourth-order valence-electron chi connectivity index (χ4n) is 2.09. The van der Waals surface area contributed by atoms with Crippen LogP contribution in [0.2, 0.25) is 0 Å². The first kappa shape index (κ1) is 16.0. The van der Waals surface area contributed by atoms with Gasteiger partial charge in [-0.25, -0.2) is 4.39 Å². The number of hydrogen-bond donors (Lipinski definition) is 1. The minimum atomic E-state index is -0.363. The molecule has 0 aromatic heterocycles. The molecule has 0 aliphatic rings. The molecule has 0 saturated carbocycles. The van der Waals surface area contributed by atoms with Gasteiger partial charge in [-0.2, -0.15) is 0 Å². The summed E-state index contributed by atoms with van der Waals surface area (Å²) in [5, 5.41) is 0. The normalized spacial score (nSPS) is 12.2. The Morgan fingerprint density at radius 1 is 1.29 bits per heavy atom. The molecule has 1 unspecified atom stereocenters. The van der Waals surface area contributed by atoms with Crippen molar-refractivity contribution in [2.45, 2.75) is 32.7 Å². The van der Waals surface area contributed by atoms with Crippen LogP contribution in [-0.2, 0) is 6.42 Å². The van der Waals surface area contributed by atoms with Gasteiger partial charge in [-0.3, -0.25) is 0 Å². The second-order valence-corrected chi connectivity index (χ2v) is 6.03. The average molecular weight is 352 g/mol. The molecular weight excluding hydrogens is 333 g/mol. The summed E-state index contributed by atoms with van der Waals surface area (Å²) in [4.78, 5) is 0. The summed E-state index contributed by atoms with van der Waals surface area (Å²) >= 11 is 3.41. The molecule has 0 aliphatic heterocycles. The van der Waals surface area contributed by atoms with Crippen LogP contribution in [0.3, 0.4) is 0 Å². The quantitative estimate of drug-likeness (QED) is 0.825. The van der Waals surface area contributed by atoms with Crippen molar-refractivity contribution in [3.05, 3.63) is 57.8 Å². The van der Waals surface area contributed by atoms with Gasteiger partial charge in [0.1, 0.15) is 5.75 Å². The smallest absolute Gasteiger partial charge is 0.166 e. The molecule has 0 amide bonds. The lowest BCUT2D eigenvalue weighted by Gasteiger charge is -2.16. The van der Waals surface area contributed by atoms with E-state index in [4.69, 9.17) is 10.5 Å². The van der Waals surface area contributed by atoms with Crippen molar-refractivity contribution >= 4 is 15.9 Å². The molecule has 1 atom stereocenters. The highest BCUT2D eigenvalue weighted by Gasteiger charge is 2.14. The highest BCUT2D eigenvalue weighted by molar-refractivity contribution is 9.10. The molecule has 0 aliphatic carbocycles. The number of aryl methyl sites for hydroxylation is 1. The summed E-state index contributed by atoms with van der Waals surface area (Å²) < 4.78 is 20.9. The number of rotatable bonds is 5. The number of benzene rings is 2. The Balaban J connectivity index is 2.34. The van der Waals surface area contributed by atoms with Gasteiger partial charge >= 0.3 is 0 Å². The number of nitrogens with two attached hydrogens (primary N) is 1. The van der Waals surface area contributed by atoms with Crippen LogP contribution in [0.5, 0.6) is 11.5 Å². The van der Waals surface area contributed by atoms with Gasteiger partial charge in [0.2, 0.25) is 0 Å². The van der Waals surface area contributed by atoms with Gasteiger partial charge < -0.3 is 10.5 Å². The largest absolute Gasteiger partial charge is 0.454 e. The molecule has 0 saturated heterocycles. The first-order chi connectivity index (χ1) is 10.0. The van der Waals surface area contributed by atoms with Gasteiger partial charge in [0, 0.05) is 10.5 Å². The Morgan fingerprint density at radius 2 is 2.05 bits per heavy atom. The predicted molar refractivity (Wildman–Crippen MR) is 87.3 cm³/mol. The van der Waals surface area contributed by atoms with Crippen molar-refractivity contribution in [2.24, 2.45) is 5.73 Å². The predicted octanol–water partition coefficient (Wildman–Crippen LogP) is 4.97. The van der Waals surface area contributed by atoms with E-state index in [1.54, 1.807) is 6.07 Å². The Hall–Kier alpha value is -1.39. The molecule has 21 heavy (non-hydrogen) atoms. The summed E-state index contributed by atoms with van der Waals surface area (Å²) in [6.07, 6.45) is 1.44. The summed E-state index contributed by atoms with van der Waals surface area (Å²) in [6, 6.07) is 10.6. The molecule has 2 N–H and O–H groups in total. The molecular formula is C17H19BrFNO. The van der Waals surface area contributed by atoms with E-state index in [9.17, 15) is 4.39 Å². The van der Waals surface area contributed by atoms with Crippen LogP contribution in [0.25, 0.3) is 0 Å². The van der Waals surface area contributed by atoms with Gasteiger partial charge in [-0.1, -0.05) is 35.0 Å². The summed E-state index contributed by atoms with van der Waals surface area (Å²) in [5.41, 5.74) is 7.72. The van der Waals surface area contributed by atoms with E-state index in [0.717, 1.165) is 22.0 Å². The van der Waals surface area contributed by atoms with Gasteiger partial charge in [0.05, 0.1) is 0 Å². The van der Waals surface area contributed by atoms with Crippen molar-refractivity contribution < 1.29 is 9.13 Å². The Morgan fingerprint density at radius 3 is 2.71 bits per heavy atom. The number of para-hydroxylation sites is 1. The fraction of sp³-hybridized carbons (Fsp3) is 0.294. The standard InChI is InChI=1S/C17H19BrFNO/c1-3-14(20)10-12-5-4-6-15(19)17(12)21-16-8-7-13(18)9-11(16)2/h4-9,14H,3,10,20H2,1-2H3. The molecule has 0 heterocycles. The first-order valence-electron chi connectivity index (χ1n) is 6.98. The topological polar surface area (TPSA) is 35.2 Å². The number of hydrogen-bond acceptors (Lipinski definition) is 2. The number of halogens is 2. The van der Waals surface area contributed by atoms with Crippen LogP contribution < -0.4 is 10.5 Å². The SMILES string of the molecule is CCC(N)Cc1cccc(F)c1Oc1ccc(Br)cc1C. The maximum atomic E-state index is 14.1. The van der Waals surface area contributed by atoms with E-state index >= 15 is 0 Å². The maximum Gasteiger partial charge on any atom is 0.166 e. The third-order valence-corrected chi connectivity index (χ3v) is 3.90. The third kappa shape index (κ3) is 4.05. The zero-order chi connectivity index (χ0) is 15.4. The molecule has 0 spiro atoms. The van der Waals surface area contributed by atoms with Gasteiger partial charge in [0.25, 0.3) is 0 Å². The lowest BCUT2D eigenvalue weighted by Crippen LogP contribution is -2.21. The molecule has 4 heteroatoms. The molecule has 112 valence electrons. The Kier molecular flexibility index (Phi) is 5.37. The summed E-state index contributed by atoms with van der Waals surface area (Å²) in [5.74, 6) is 0.555. The van der Waals surface area contributed by atoms with Gasteiger partial charge in [-0.15, -0.1) is 0 Å². The molecule has 2 aromatic carbocycles. The average Bonchev–Trinajstić information content (AvgIpc) is 2.44.